The number of rotatable bonds is 5. The minimum Gasteiger partial charge on any atom is -0.468 e. The molecule has 1 saturated carbocycles. The summed E-state index contributed by atoms with van der Waals surface area (Å²) < 4.78 is 4.52. The van der Waals surface area contributed by atoms with Crippen LogP contribution >= 0.6 is 0 Å². The van der Waals surface area contributed by atoms with Gasteiger partial charge in [-0.2, -0.15) is 0 Å². The molecule has 0 aromatic carbocycles. The van der Waals surface area contributed by atoms with Gasteiger partial charge in [-0.25, -0.2) is 0 Å². The number of carbonyl (C=O) groups is 1. The first-order valence-electron chi connectivity index (χ1n) is 4.52. The van der Waals surface area contributed by atoms with Crippen molar-refractivity contribution in [2.24, 2.45) is 5.92 Å². The first kappa shape index (κ1) is 9.52. The van der Waals surface area contributed by atoms with Crippen molar-refractivity contribution >= 4 is 5.97 Å². The van der Waals surface area contributed by atoms with Crippen LogP contribution in [0.4, 0.5) is 0 Å². The van der Waals surface area contributed by atoms with Gasteiger partial charge in [-0.15, -0.1) is 0 Å². The maximum absolute atomic E-state index is 10.7. The molecular formula is C9H17NO2. The Kier molecular flexibility index (Phi) is 3.53. The SMILES string of the molecule is COC(=O)CNC(C)CC1CC1. The molecule has 0 aromatic rings. The quantitative estimate of drug-likeness (QED) is 0.625. The molecule has 0 spiro atoms. The number of hydrogen-bond donors (Lipinski definition) is 1. The zero-order valence-corrected chi connectivity index (χ0v) is 7.80. The fraction of sp³-hybridized carbons (Fsp3) is 0.889. The third-order valence-electron chi connectivity index (χ3n) is 2.21. The van der Waals surface area contributed by atoms with Gasteiger partial charge in [-0.05, 0) is 19.3 Å². The first-order chi connectivity index (χ1) is 5.72. The minimum atomic E-state index is -0.183. The smallest absolute Gasteiger partial charge is 0.319 e. The highest BCUT2D eigenvalue weighted by molar-refractivity contribution is 5.71. The fourth-order valence-electron chi connectivity index (χ4n) is 1.27. The van der Waals surface area contributed by atoms with Crippen LogP contribution in [0.5, 0.6) is 0 Å². The van der Waals surface area contributed by atoms with E-state index < -0.39 is 0 Å². The van der Waals surface area contributed by atoms with Gasteiger partial charge in [0.25, 0.3) is 0 Å². The average molecular weight is 171 g/mol. The molecule has 0 heterocycles. The molecular weight excluding hydrogens is 154 g/mol. The van der Waals surface area contributed by atoms with Crippen LogP contribution in [0.3, 0.4) is 0 Å². The lowest BCUT2D eigenvalue weighted by molar-refractivity contribution is -0.139. The predicted octanol–water partition coefficient (Wildman–Crippen LogP) is 0.938. The number of nitrogens with one attached hydrogen (secondary N) is 1. The molecule has 0 aromatic heterocycles. The second-order valence-electron chi connectivity index (χ2n) is 3.54. The van der Waals surface area contributed by atoms with Gasteiger partial charge in [0.15, 0.2) is 0 Å². The zero-order valence-electron chi connectivity index (χ0n) is 7.80. The van der Waals surface area contributed by atoms with E-state index in [9.17, 15) is 4.79 Å². The van der Waals surface area contributed by atoms with E-state index in [1.807, 2.05) is 0 Å². The zero-order chi connectivity index (χ0) is 8.97. The Morgan fingerprint density at radius 1 is 1.67 bits per heavy atom. The lowest BCUT2D eigenvalue weighted by Crippen LogP contribution is -2.32. The van der Waals surface area contributed by atoms with Crippen molar-refractivity contribution < 1.29 is 9.53 Å². The van der Waals surface area contributed by atoms with Crippen molar-refractivity contribution in [2.75, 3.05) is 13.7 Å². The van der Waals surface area contributed by atoms with Crippen LogP contribution in [0, 0.1) is 5.92 Å². The Bertz CT molecular complexity index is 155. The number of hydrogen-bond acceptors (Lipinski definition) is 3. The summed E-state index contributed by atoms with van der Waals surface area (Å²) in [5, 5.41) is 3.13. The lowest BCUT2D eigenvalue weighted by atomic mass is 10.1. The van der Waals surface area contributed by atoms with Gasteiger partial charge < -0.3 is 10.1 Å². The van der Waals surface area contributed by atoms with Crippen molar-refractivity contribution in [3.05, 3.63) is 0 Å². The molecule has 1 atom stereocenters. The van der Waals surface area contributed by atoms with Crippen LogP contribution in [-0.4, -0.2) is 25.7 Å². The first-order valence-corrected chi connectivity index (χ1v) is 4.52. The summed E-state index contributed by atoms with van der Waals surface area (Å²) in [5.74, 6) is 0.725. The minimum absolute atomic E-state index is 0.183. The molecule has 0 radical (unpaired) electrons. The van der Waals surface area contributed by atoms with E-state index >= 15 is 0 Å². The Labute approximate surface area is 73.5 Å². The Hall–Kier alpha value is -0.570. The summed E-state index contributed by atoms with van der Waals surface area (Å²) in [5.41, 5.74) is 0. The van der Waals surface area contributed by atoms with Crippen LogP contribution in [0.1, 0.15) is 26.2 Å². The lowest BCUT2D eigenvalue weighted by Gasteiger charge is -2.11. The Morgan fingerprint density at radius 3 is 2.83 bits per heavy atom. The largest absolute Gasteiger partial charge is 0.468 e. The highest BCUT2D eigenvalue weighted by atomic mass is 16.5. The summed E-state index contributed by atoms with van der Waals surface area (Å²) in [4.78, 5) is 10.7. The maximum Gasteiger partial charge on any atom is 0.319 e. The normalized spacial score (nSPS) is 18.8. The van der Waals surface area contributed by atoms with Crippen LogP contribution in [0.2, 0.25) is 0 Å². The number of esters is 1. The fourth-order valence-corrected chi connectivity index (χ4v) is 1.27. The average Bonchev–Trinajstić information content (AvgIpc) is 2.84. The molecule has 0 bridgehead atoms. The summed E-state index contributed by atoms with van der Waals surface area (Å²) in [6.45, 7) is 2.45. The van der Waals surface area contributed by atoms with E-state index in [1.54, 1.807) is 0 Å². The van der Waals surface area contributed by atoms with Gasteiger partial charge >= 0.3 is 5.97 Å². The van der Waals surface area contributed by atoms with E-state index in [-0.39, 0.29) is 5.97 Å². The van der Waals surface area contributed by atoms with Crippen LogP contribution in [0.15, 0.2) is 0 Å². The standard InChI is InChI=1S/C9H17NO2/c1-7(5-8-3-4-8)10-6-9(11)12-2/h7-8,10H,3-6H2,1-2H3. The summed E-state index contributed by atoms with van der Waals surface area (Å²) in [6.07, 6.45) is 3.92. The van der Waals surface area contributed by atoms with Gasteiger partial charge in [0.05, 0.1) is 13.7 Å². The third-order valence-corrected chi connectivity index (χ3v) is 2.21. The Balaban J connectivity index is 2.00. The topological polar surface area (TPSA) is 38.3 Å². The molecule has 1 aliphatic rings. The summed E-state index contributed by atoms with van der Waals surface area (Å²) in [6, 6.07) is 0.441. The molecule has 1 unspecified atom stereocenters. The predicted molar refractivity (Wildman–Crippen MR) is 46.8 cm³/mol. The molecule has 70 valence electrons. The summed E-state index contributed by atoms with van der Waals surface area (Å²) >= 11 is 0. The third kappa shape index (κ3) is 3.72. The molecule has 0 aliphatic heterocycles. The van der Waals surface area contributed by atoms with Crippen molar-refractivity contribution in [1.29, 1.82) is 0 Å². The Morgan fingerprint density at radius 2 is 2.33 bits per heavy atom. The molecule has 1 rings (SSSR count). The number of ether oxygens (including phenoxy) is 1. The van der Waals surface area contributed by atoms with E-state index in [1.165, 1.54) is 26.4 Å². The molecule has 1 N–H and O–H groups in total. The van der Waals surface area contributed by atoms with E-state index in [2.05, 4.69) is 17.0 Å². The maximum atomic E-state index is 10.7. The van der Waals surface area contributed by atoms with Crippen molar-refractivity contribution in [1.82, 2.24) is 5.32 Å². The molecule has 3 heteroatoms. The second-order valence-corrected chi connectivity index (χ2v) is 3.54. The van der Waals surface area contributed by atoms with Crippen molar-refractivity contribution in [2.45, 2.75) is 32.2 Å². The molecule has 3 nitrogen and oxygen atoms in total. The van der Waals surface area contributed by atoms with Gasteiger partial charge in [0.2, 0.25) is 0 Å². The monoisotopic (exact) mass is 171 g/mol. The second kappa shape index (κ2) is 4.45. The summed E-state index contributed by atoms with van der Waals surface area (Å²) in [7, 11) is 1.41. The van der Waals surface area contributed by atoms with Crippen LogP contribution < -0.4 is 5.32 Å². The highest BCUT2D eigenvalue weighted by Gasteiger charge is 2.23. The number of carbonyl (C=O) groups excluding carboxylic acids is 1. The number of methoxy groups -OCH3 is 1. The van der Waals surface area contributed by atoms with Crippen molar-refractivity contribution in [3.63, 3.8) is 0 Å². The molecule has 12 heavy (non-hydrogen) atoms. The van der Waals surface area contributed by atoms with Crippen LogP contribution in [0.25, 0.3) is 0 Å². The van der Waals surface area contributed by atoms with Crippen LogP contribution in [-0.2, 0) is 9.53 Å². The van der Waals surface area contributed by atoms with Gasteiger partial charge in [0.1, 0.15) is 0 Å². The molecule has 0 saturated heterocycles. The van der Waals surface area contributed by atoms with Crippen molar-refractivity contribution in [3.8, 4) is 0 Å². The van der Waals surface area contributed by atoms with E-state index in [0.717, 1.165) is 5.92 Å². The van der Waals surface area contributed by atoms with E-state index in [0.29, 0.717) is 12.6 Å². The molecule has 1 fully saturated rings. The van der Waals surface area contributed by atoms with Gasteiger partial charge in [-0.1, -0.05) is 12.8 Å². The van der Waals surface area contributed by atoms with Gasteiger partial charge in [0, 0.05) is 6.04 Å². The molecule has 0 amide bonds. The highest BCUT2D eigenvalue weighted by Crippen LogP contribution is 2.33. The molecule has 1 aliphatic carbocycles. The van der Waals surface area contributed by atoms with Gasteiger partial charge in [-0.3, -0.25) is 4.79 Å². The van der Waals surface area contributed by atoms with E-state index in [4.69, 9.17) is 0 Å².